The minimum Gasteiger partial charge on any atom is -0.485 e. The fraction of sp³-hybridized carbons (Fsp3) is 0.444. The van der Waals surface area contributed by atoms with Gasteiger partial charge in [0.15, 0.2) is 5.75 Å². The molecule has 0 aliphatic carbocycles. The predicted molar refractivity (Wildman–Crippen MR) is 51.6 cm³/mol. The van der Waals surface area contributed by atoms with Gasteiger partial charge in [-0.2, -0.15) is 0 Å². The van der Waals surface area contributed by atoms with E-state index in [0.29, 0.717) is 16.7 Å². The summed E-state index contributed by atoms with van der Waals surface area (Å²) in [5, 5.41) is 0.538. The summed E-state index contributed by atoms with van der Waals surface area (Å²) >= 11 is 5.76. The third-order valence-electron chi connectivity index (χ3n) is 1.34. The molecular formula is C9H12ClNO2. The van der Waals surface area contributed by atoms with Crippen molar-refractivity contribution in [1.29, 1.82) is 0 Å². The first-order valence-corrected chi connectivity index (χ1v) is 4.37. The van der Waals surface area contributed by atoms with Gasteiger partial charge in [0, 0.05) is 12.3 Å². The Bertz CT molecular complexity index is 289. The summed E-state index contributed by atoms with van der Waals surface area (Å²) in [7, 11) is 1.55. The van der Waals surface area contributed by atoms with Crippen molar-refractivity contribution in [2.75, 3.05) is 7.11 Å². The first-order chi connectivity index (χ1) is 6.13. The third kappa shape index (κ3) is 2.77. The normalized spacial score (nSPS) is 10.2. The van der Waals surface area contributed by atoms with E-state index in [1.165, 1.54) is 6.20 Å². The average molecular weight is 202 g/mol. The maximum absolute atomic E-state index is 5.76. The lowest BCUT2D eigenvalue weighted by atomic mass is 10.4. The molecule has 0 unspecified atom stereocenters. The quantitative estimate of drug-likeness (QED) is 0.753. The molecule has 1 rings (SSSR count). The van der Waals surface area contributed by atoms with Gasteiger partial charge in [0.05, 0.1) is 18.2 Å². The zero-order valence-electron chi connectivity index (χ0n) is 7.87. The molecule has 1 aromatic heterocycles. The van der Waals surface area contributed by atoms with Crippen molar-refractivity contribution in [3.05, 3.63) is 17.3 Å². The first kappa shape index (κ1) is 10.1. The Labute approximate surface area is 82.6 Å². The van der Waals surface area contributed by atoms with E-state index in [9.17, 15) is 0 Å². The zero-order chi connectivity index (χ0) is 9.84. The molecule has 0 bridgehead atoms. The van der Waals surface area contributed by atoms with Crippen LogP contribution in [0, 0.1) is 0 Å². The highest BCUT2D eigenvalue weighted by Crippen LogP contribution is 2.27. The molecule has 0 fully saturated rings. The monoisotopic (exact) mass is 201 g/mol. The second-order valence-corrected chi connectivity index (χ2v) is 3.26. The summed E-state index contributed by atoms with van der Waals surface area (Å²) < 4.78 is 10.5. The maximum atomic E-state index is 5.76. The zero-order valence-corrected chi connectivity index (χ0v) is 8.63. The van der Waals surface area contributed by atoms with E-state index in [1.54, 1.807) is 13.2 Å². The highest BCUT2D eigenvalue weighted by atomic mass is 35.5. The molecule has 1 heterocycles. The molecule has 4 heteroatoms. The van der Waals surface area contributed by atoms with Crippen LogP contribution in [0.4, 0.5) is 0 Å². The van der Waals surface area contributed by atoms with Crippen molar-refractivity contribution in [1.82, 2.24) is 4.98 Å². The summed E-state index contributed by atoms with van der Waals surface area (Å²) in [5.41, 5.74) is 0. The maximum Gasteiger partial charge on any atom is 0.256 e. The van der Waals surface area contributed by atoms with Crippen LogP contribution in [0.5, 0.6) is 11.6 Å². The minimum absolute atomic E-state index is 0.0779. The van der Waals surface area contributed by atoms with E-state index in [0.717, 1.165) is 0 Å². The number of nitrogens with zero attached hydrogens (tertiary/aromatic N) is 1. The molecular weight excluding hydrogens is 190 g/mol. The van der Waals surface area contributed by atoms with Gasteiger partial charge in [-0.3, -0.25) is 0 Å². The number of methoxy groups -OCH3 is 1. The number of ether oxygens (including phenoxy) is 2. The van der Waals surface area contributed by atoms with Gasteiger partial charge in [-0.05, 0) is 13.8 Å². The second-order valence-electron chi connectivity index (χ2n) is 2.83. The summed E-state index contributed by atoms with van der Waals surface area (Å²) in [5.74, 6) is 1.03. The van der Waals surface area contributed by atoms with Crippen LogP contribution >= 0.6 is 11.6 Å². The summed E-state index contributed by atoms with van der Waals surface area (Å²) in [4.78, 5) is 3.97. The Balaban J connectivity index is 2.94. The second kappa shape index (κ2) is 4.33. The fourth-order valence-corrected chi connectivity index (χ4v) is 1.05. The van der Waals surface area contributed by atoms with Crippen LogP contribution < -0.4 is 9.47 Å². The van der Waals surface area contributed by atoms with Gasteiger partial charge >= 0.3 is 0 Å². The minimum atomic E-state index is 0.0779. The topological polar surface area (TPSA) is 31.4 Å². The van der Waals surface area contributed by atoms with Crippen LogP contribution in [0.25, 0.3) is 0 Å². The molecule has 0 radical (unpaired) electrons. The van der Waals surface area contributed by atoms with Gasteiger partial charge in [-0.15, -0.1) is 0 Å². The number of hydrogen-bond donors (Lipinski definition) is 0. The largest absolute Gasteiger partial charge is 0.485 e. The van der Waals surface area contributed by atoms with Crippen LogP contribution in [0.15, 0.2) is 12.3 Å². The molecule has 72 valence electrons. The van der Waals surface area contributed by atoms with Gasteiger partial charge in [-0.25, -0.2) is 4.98 Å². The Morgan fingerprint density at radius 1 is 1.46 bits per heavy atom. The lowest BCUT2D eigenvalue weighted by Crippen LogP contribution is -2.07. The molecule has 0 aromatic carbocycles. The van der Waals surface area contributed by atoms with Gasteiger partial charge in [0.2, 0.25) is 0 Å². The van der Waals surface area contributed by atoms with Gasteiger partial charge < -0.3 is 9.47 Å². The van der Waals surface area contributed by atoms with Crippen molar-refractivity contribution < 1.29 is 9.47 Å². The third-order valence-corrected chi connectivity index (χ3v) is 1.55. The first-order valence-electron chi connectivity index (χ1n) is 3.99. The molecule has 0 spiro atoms. The number of rotatable bonds is 3. The van der Waals surface area contributed by atoms with Crippen molar-refractivity contribution in [2.24, 2.45) is 0 Å². The molecule has 0 N–H and O–H groups in total. The van der Waals surface area contributed by atoms with Crippen molar-refractivity contribution in [3.8, 4) is 11.6 Å². The molecule has 0 atom stereocenters. The molecule has 0 saturated carbocycles. The number of aromatic nitrogens is 1. The SMILES string of the molecule is COc1ncc(Cl)cc1OC(C)C. The van der Waals surface area contributed by atoms with E-state index in [2.05, 4.69) is 4.98 Å². The molecule has 0 aliphatic rings. The van der Waals surface area contributed by atoms with E-state index in [1.807, 2.05) is 13.8 Å². The average Bonchev–Trinajstić information content (AvgIpc) is 2.03. The highest BCUT2D eigenvalue weighted by Gasteiger charge is 2.07. The van der Waals surface area contributed by atoms with Crippen molar-refractivity contribution in [3.63, 3.8) is 0 Å². The number of halogens is 1. The standard InChI is InChI=1S/C9H12ClNO2/c1-6(2)13-8-4-7(10)5-11-9(8)12-3/h4-6H,1-3H3. The summed E-state index contributed by atoms with van der Waals surface area (Å²) in [6, 6.07) is 1.69. The Kier molecular flexibility index (Phi) is 3.37. The Morgan fingerprint density at radius 3 is 2.69 bits per heavy atom. The van der Waals surface area contributed by atoms with Crippen LogP contribution in [-0.2, 0) is 0 Å². The molecule has 1 aromatic rings. The smallest absolute Gasteiger partial charge is 0.256 e. The van der Waals surface area contributed by atoms with Gasteiger partial charge in [0.1, 0.15) is 0 Å². The van der Waals surface area contributed by atoms with Crippen LogP contribution in [0.2, 0.25) is 5.02 Å². The fourth-order valence-electron chi connectivity index (χ4n) is 0.900. The van der Waals surface area contributed by atoms with Crippen LogP contribution in [0.1, 0.15) is 13.8 Å². The van der Waals surface area contributed by atoms with E-state index in [4.69, 9.17) is 21.1 Å². The van der Waals surface area contributed by atoms with Gasteiger partial charge in [-0.1, -0.05) is 11.6 Å². The Hall–Kier alpha value is -0.960. The lowest BCUT2D eigenvalue weighted by Gasteiger charge is -2.12. The molecule has 0 aliphatic heterocycles. The number of hydrogen-bond acceptors (Lipinski definition) is 3. The predicted octanol–water partition coefficient (Wildman–Crippen LogP) is 2.53. The van der Waals surface area contributed by atoms with Crippen LogP contribution in [0.3, 0.4) is 0 Å². The van der Waals surface area contributed by atoms with Gasteiger partial charge in [0.25, 0.3) is 5.88 Å². The molecule has 0 amide bonds. The van der Waals surface area contributed by atoms with Crippen molar-refractivity contribution in [2.45, 2.75) is 20.0 Å². The van der Waals surface area contributed by atoms with E-state index in [-0.39, 0.29) is 6.10 Å². The molecule has 0 saturated heterocycles. The molecule has 13 heavy (non-hydrogen) atoms. The Morgan fingerprint density at radius 2 is 2.15 bits per heavy atom. The van der Waals surface area contributed by atoms with E-state index < -0.39 is 0 Å². The number of pyridine rings is 1. The molecule has 3 nitrogen and oxygen atoms in total. The van der Waals surface area contributed by atoms with Crippen molar-refractivity contribution >= 4 is 11.6 Å². The van der Waals surface area contributed by atoms with Crippen LogP contribution in [-0.4, -0.2) is 18.2 Å². The highest BCUT2D eigenvalue weighted by molar-refractivity contribution is 6.30. The summed E-state index contributed by atoms with van der Waals surface area (Å²) in [6.45, 7) is 3.86. The lowest BCUT2D eigenvalue weighted by molar-refractivity contribution is 0.227. The summed E-state index contributed by atoms with van der Waals surface area (Å²) in [6.07, 6.45) is 1.60. The van der Waals surface area contributed by atoms with E-state index >= 15 is 0 Å².